The number of aliphatic carboxylic acids is 1. The first-order chi connectivity index (χ1) is 16.3. The molecule has 3 fully saturated rings. The molecular weight excluding hydrogens is 476 g/mol. The van der Waals surface area contributed by atoms with Crippen LogP contribution in [0.2, 0.25) is 5.02 Å². The van der Waals surface area contributed by atoms with E-state index in [0.717, 1.165) is 0 Å². The lowest BCUT2D eigenvalue weighted by Gasteiger charge is -2.31. The highest BCUT2D eigenvalue weighted by Gasteiger charge is 2.75. The molecule has 1 heterocycles. The molecule has 3 amide bonds. The normalized spacial score (nSPS) is 32.5. The van der Waals surface area contributed by atoms with E-state index in [1.54, 1.807) is 0 Å². The lowest BCUT2D eigenvalue weighted by molar-refractivity contribution is -0.143. The number of likely N-dealkylation sites (tertiary alicyclic amines) is 1. The third-order valence-corrected chi connectivity index (χ3v) is 8.59. The van der Waals surface area contributed by atoms with Crippen LogP contribution in [-0.2, 0) is 19.2 Å². The fraction of sp³-hybridized carbons (Fsp3) is 0.542. The average Bonchev–Trinajstić information content (AvgIpc) is 3.48. The molecule has 11 heteroatoms. The molecule has 1 aromatic rings. The summed E-state index contributed by atoms with van der Waals surface area (Å²) in [7, 11) is 0. The molecule has 1 aliphatic heterocycles. The van der Waals surface area contributed by atoms with Gasteiger partial charge in [-0.05, 0) is 43.4 Å². The van der Waals surface area contributed by atoms with Crippen LogP contribution in [0.15, 0.2) is 18.2 Å². The Morgan fingerprint density at radius 3 is 2.40 bits per heavy atom. The van der Waals surface area contributed by atoms with Gasteiger partial charge in [0.1, 0.15) is 23.4 Å². The van der Waals surface area contributed by atoms with Crippen molar-refractivity contribution in [2.24, 2.45) is 17.3 Å². The summed E-state index contributed by atoms with van der Waals surface area (Å²) in [5.41, 5.74) is 3.05. The number of nitrogens with one attached hydrogen (secondary N) is 2. The van der Waals surface area contributed by atoms with Crippen LogP contribution in [-0.4, -0.2) is 63.6 Å². The number of rotatable bonds is 7. The predicted molar refractivity (Wildman–Crippen MR) is 126 cm³/mol. The van der Waals surface area contributed by atoms with Gasteiger partial charge in [-0.25, -0.2) is 0 Å². The van der Waals surface area contributed by atoms with Gasteiger partial charge in [0, 0.05) is 17.5 Å². The van der Waals surface area contributed by atoms with Crippen LogP contribution >= 0.6 is 11.6 Å². The summed E-state index contributed by atoms with van der Waals surface area (Å²) in [6.45, 7) is 5.92. The Hall–Kier alpha value is -3.14. The summed E-state index contributed by atoms with van der Waals surface area (Å²) in [5.74, 6) is -3.79. The van der Waals surface area contributed by atoms with Crippen LogP contribution in [0.25, 0.3) is 0 Å². The zero-order chi connectivity index (χ0) is 25.9. The Bertz CT molecular complexity index is 1140. The monoisotopic (exact) mass is 504 g/mol. The van der Waals surface area contributed by atoms with Gasteiger partial charge in [-0.15, -0.1) is 0 Å². The molecule has 5 N–H and O–H groups in total. The van der Waals surface area contributed by atoms with Crippen LogP contribution in [0.1, 0.15) is 50.4 Å². The van der Waals surface area contributed by atoms with Gasteiger partial charge in [-0.3, -0.25) is 19.2 Å². The number of carbonyl (C=O) groups is 5. The molecule has 2 saturated carbocycles. The summed E-state index contributed by atoms with van der Waals surface area (Å²) in [6, 6.07) is 3.61. The quantitative estimate of drug-likeness (QED) is 0.321. The van der Waals surface area contributed by atoms with Crippen molar-refractivity contribution < 1.29 is 29.1 Å². The predicted octanol–water partition coefficient (Wildman–Crippen LogP) is 1.22. The van der Waals surface area contributed by atoms with Gasteiger partial charge in [0.25, 0.3) is 5.91 Å². The summed E-state index contributed by atoms with van der Waals surface area (Å²) in [6.07, 6.45) is 1.41. The van der Waals surface area contributed by atoms with Crippen molar-refractivity contribution in [2.75, 3.05) is 12.3 Å². The van der Waals surface area contributed by atoms with Crippen LogP contribution in [0, 0.1) is 17.3 Å². The standard InChI is InChI=1S/C24H29ClN4O6/c1-12-22(2,3)24(12,28-18(31)13-6-7-16(26)15(25)9-13)21(35)29-8-4-5-17(29)19(32)27-23(11-30)10-14(23)20(33)34/h6-7,9,11-12,14,17H,4-5,8,10,26H2,1-3H3,(H,27,32)(H,28,31)(H,33,34)/t12?,14?,17-,23?,24?/m0/s1. The smallest absolute Gasteiger partial charge is 0.309 e. The first kappa shape index (κ1) is 25.0. The molecular formula is C24H29ClN4O6. The highest BCUT2D eigenvalue weighted by Crippen LogP contribution is 2.62. The zero-order valence-corrected chi connectivity index (χ0v) is 20.5. The van der Waals surface area contributed by atoms with E-state index in [4.69, 9.17) is 17.3 Å². The molecule has 1 saturated heterocycles. The maximum atomic E-state index is 13.9. The number of carbonyl (C=O) groups excluding carboxylic acids is 4. The van der Waals surface area contributed by atoms with Gasteiger partial charge >= 0.3 is 5.97 Å². The van der Waals surface area contributed by atoms with Crippen molar-refractivity contribution >= 4 is 47.3 Å². The minimum atomic E-state index is -1.44. The van der Waals surface area contributed by atoms with E-state index < -0.39 is 46.2 Å². The number of amides is 3. The van der Waals surface area contributed by atoms with E-state index in [1.807, 2.05) is 20.8 Å². The van der Waals surface area contributed by atoms with Gasteiger partial charge in [0.15, 0.2) is 0 Å². The SMILES string of the molecule is CC1C(C)(C)C1(NC(=O)c1ccc(N)c(Cl)c1)C(=O)N1CCC[C@H]1C(=O)NC1(C=O)CC1C(=O)O. The first-order valence-corrected chi connectivity index (χ1v) is 11.9. The van der Waals surface area contributed by atoms with Gasteiger partial charge in [0.2, 0.25) is 11.8 Å². The van der Waals surface area contributed by atoms with Gasteiger partial charge < -0.3 is 31.2 Å². The van der Waals surface area contributed by atoms with Crippen molar-refractivity contribution in [1.29, 1.82) is 0 Å². The Labute approximate surface area is 207 Å². The van der Waals surface area contributed by atoms with Crippen molar-refractivity contribution in [3.05, 3.63) is 28.8 Å². The molecule has 1 aromatic carbocycles. The molecule has 5 atom stereocenters. The fourth-order valence-corrected chi connectivity index (χ4v) is 5.61. The molecule has 2 aliphatic carbocycles. The number of carboxylic acid groups (broad SMARTS) is 1. The molecule has 0 spiro atoms. The second kappa shape index (κ2) is 8.22. The third-order valence-electron chi connectivity index (χ3n) is 8.26. The number of aldehydes is 1. The van der Waals surface area contributed by atoms with Crippen LogP contribution in [0.3, 0.4) is 0 Å². The number of halogens is 1. The fourth-order valence-electron chi connectivity index (χ4n) is 5.43. The number of hydrogen-bond donors (Lipinski definition) is 4. The topological polar surface area (TPSA) is 159 Å². The number of hydrogen-bond acceptors (Lipinski definition) is 6. The lowest BCUT2D eigenvalue weighted by atomic mass is 10.0. The minimum absolute atomic E-state index is 0.0203. The average molecular weight is 505 g/mol. The Balaban J connectivity index is 1.55. The molecule has 10 nitrogen and oxygen atoms in total. The zero-order valence-electron chi connectivity index (χ0n) is 19.8. The highest BCUT2D eigenvalue weighted by atomic mass is 35.5. The van der Waals surface area contributed by atoms with Crippen LogP contribution in [0.4, 0.5) is 5.69 Å². The number of benzene rings is 1. The maximum absolute atomic E-state index is 13.9. The molecule has 3 aliphatic rings. The number of nitrogens with two attached hydrogens (primary N) is 1. The van der Waals surface area contributed by atoms with Gasteiger partial charge in [-0.2, -0.15) is 0 Å². The number of anilines is 1. The van der Waals surface area contributed by atoms with E-state index in [9.17, 15) is 29.1 Å². The molecule has 0 radical (unpaired) electrons. The Kier molecular flexibility index (Phi) is 5.86. The molecule has 4 unspecified atom stereocenters. The van der Waals surface area contributed by atoms with E-state index in [-0.39, 0.29) is 28.8 Å². The first-order valence-electron chi connectivity index (χ1n) is 11.5. The minimum Gasteiger partial charge on any atom is -0.481 e. The van der Waals surface area contributed by atoms with Crippen LogP contribution in [0.5, 0.6) is 0 Å². The molecule has 0 bridgehead atoms. The van der Waals surface area contributed by atoms with Crippen molar-refractivity contribution in [3.63, 3.8) is 0 Å². The summed E-state index contributed by atoms with van der Waals surface area (Å²) in [4.78, 5) is 64.4. The molecule has 4 rings (SSSR count). The molecule has 188 valence electrons. The summed E-state index contributed by atoms with van der Waals surface area (Å²) < 4.78 is 0. The number of carboxylic acids is 1. The number of nitrogens with zero attached hydrogens (tertiary/aromatic N) is 1. The second-order valence-corrected chi connectivity index (χ2v) is 10.7. The lowest BCUT2D eigenvalue weighted by Crippen LogP contribution is -2.58. The highest BCUT2D eigenvalue weighted by molar-refractivity contribution is 6.33. The molecule has 35 heavy (non-hydrogen) atoms. The Morgan fingerprint density at radius 2 is 1.89 bits per heavy atom. The largest absolute Gasteiger partial charge is 0.481 e. The van der Waals surface area contributed by atoms with E-state index >= 15 is 0 Å². The maximum Gasteiger partial charge on any atom is 0.309 e. The van der Waals surface area contributed by atoms with Gasteiger partial charge in [-0.1, -0.05) is 32.4 Å². The van der Waals surface area contributed by atoms with E-state index in [2.05, 4.69) is 10.6 Å². The van der Waals surface area contributed by atoms with Gasteiger partial charge in [0.05, 0.1) is 16.6 Å². The summed E-state index contributed by atoms with van der Waals surface area (Å²) >= 11 is 6.06. The molecule has 0 aromatic heterocycles. The second-order valence-electron chi connectivity index (χ2n) is 10.3. The summed E-state index contributed by atoms with van der Waals surface area (Å²) in [5, 5.41) is 14.9. The van der Waals surface area contributed by atoms with E-state index in [1.165, 1.54) is 23.1 Å². The Morgan fingerprint density at radius 1 is 1.23 bits per heavy atom. The van der Waals surface area contributed by atoms with Crippen molar-refractivity contribution in [2.45, 2.75) is 57.2 Å². The number of nitrogen functional groups attached to an aromatic ring is 1. The van der Waals surface area contributed by atoms with Crippen LogP contribution < -0.4 is 16.4 Å². The van der Waals surface area contributed by atoms with Crippen molar-refractivity contribution in [1.82, 2.24) is 15.5 Å². The van der Waals surface area contributed by atoms with Crippen molar-refractivity contribution in [3.8, 4) is 0 Å². The van der Waals surface area contributed by atoms with E-state index in [0.29, 0.717) is 31.4 Å². The third kappa shape index (κ3) is 3.74.